The number of ether oxygens (including phenoxy) is 1. The maximum atomic E-state index is 12.6. The average molecular weight is 457 g/mol. The number of nitrogens with zero attached hydrogens (tertiary/aromatic N) is 3. The Labute approximate surface area is 191 Å². The fourth-order valence-electron chi connectivity index (χ4n) is 3.62. The highest BCUT2D eigenvalue weighted by Crippen LogP contribution is 2.36. The van der Waals surface area contributed by atoms with E-state index in [-0.39, 0.29) is 18.1 Å². The van der Waals surface area contributed by atoms with Crippen LogP contribution in [0.1, 0.15) is 35.6 Å². The fraction of sp³-hybridized carbons (Fsp3) is 0.348. The number of morpholine rings is 1. The number of halogens is 1. The number of hydrogen-bond donors (Lipinski definition) is 1. The molecule has 4 rings (SSSR count). The van der Waals surface area contributed by atoms with Crippen molar-refractivity contribution < 1.29 is 9.53 Å². The molecule has 0 spiro atoms. The van der Waals surface area contributed by atoms with Crippen molar-refractivity contribution in [2.45, 2.75) is 39.5 Å². The molecule has 8 heteroatoms. The van der Waals surface area contributed by atoms with Crippen LogP contribution in [0.15, 0.2) is 42.6 Å². The van der Waals surface area contributed by atoms with Gasteiger partial charge in [0, 0.05) is 41.1 Å². The van der Waals surface area contributed by atoms with E-state index in [4.69, 9.17) is 21.3 Å². The second kappa shape index (κ2) is 9.34. The molecular formula is C23H25ClN4O2S. The van der Waals surface area contributed by atoms with Crippen molar-refractivity contribution >= 4 is 34.0 Å². The van der Waals surface area contributed by atoms with Gasteiger partial charge in [0.1, 0.15) is 0 Å². The summed E-state index contributed by atoms with van der Waals surface area (Å²) in [5.74, 6) is -0.159. The van der Waals surface area contributed by atoms with Gasteiger partial charge in [-0.2, -0.15) is 0 Å². The zero-order valence-electron chi connectivity index (χ0n) is 17.8. The predicted molar refractivity (Wildman–Crippen MR) is 125 cm³/mol. The quantitative estimate of drug-likeness (QED) is 0.602. The molecule has 0 aliphatic carbocycles. The third kappa shape index (κ3) is 5.23. The molecule has 0 radical (unpaired) electrons. The van der Waals surface area contributed by atoms with Gasteiger partial charge in [-0.15, -0.1) is 0 Å². The van der Waals surface area contributed by atoms with Gasteiger partial charge in [0.15, 0.2) is 5.13 Å². The number of carbonyl (C=O) groups is 1. The number of rotatable bonds is 5. The highest BCUT2D eigenvalue weighted by molar-refractivity contribution is 7.19. The van der Waals surface area contributed by atoms with Crippen LogP contribution in [-0.4, -0.2) is 41.2 Å². The molecule has 1 N–H and O–H groups in total. The number of anilines is 1. The summed E-state index contributed by atoms with van der Waals surface area (Å²) in [6.45, 7) is 8.03. The number of pyridine rings is 1. The number of carbonyl (C=O) groups excluding carboxylic acids is 1. The molecule has 3 heterocycles. The molecule has 1 aromatic carbocycles. The molecule has 3 aromatic rings. The Balaban J connectivity index is 1.60. The van der Waals surface area contributed by atoms with E-state index in [0.717, 1.165) is 40.0 Å². The summed E-state index contributed by atoms with van der Waals surface area (Å²) < 4.78 is 5.87. The van der Waals surface area contributed by atoms with Crippen LogP contribution in [0, 0.1) is 6.92 Å². The SMILES string of the molecule is Cc1ccc(-c2sc(N3C[C@@H](C)O[C@@H](C)C3)nc2CNC(=O)c2ccc(Cl)cc2)cn1. The highest BCUT2D eigenvalue weighted by Gasteiger charge is 2.26. The molecule has 2 aromatic heterocycles. The molecule has 6 nitrogen and oxygen atoms in total. The van der Waals surface area contributed by atoms with Crippen LogP contribution in [0.4, 0.5) is 5.13 Å². The van der Waals surface area contributed by atoms with Gasteiger partial charge < -0.3 is 15.0 Å². The van der Waals surface area contributed by atoms with Gasteiger partial charge in [0.05, 0.1) is 29.3 Å². The molecule has 1 amide bonds. The summed E-state index contributed by atoms with van der Waals surface area (Å²) in [7, 11) is 0. The van der Waals surface area contributed by atoms with E-state index in [1.54, 1.807) is 35.6 Å². The smallest absolute Gasteiger partial charge is 0.251 e. The van der Waals surface area contributed by atoms with Gasteiger partial charge >= 0.3 is 0 Å². The largest absolute Gasteiger partial charge is 0.372 e. The Kier molecular flexibility index (Phi) is 6.55. The number of thiazole rings is 1. The Morgan fingerprint density at radius 1 is 1.19 bits per heavy atom. The van der Waals surface area contributed by atoms with Crippen LogP contribution in [-0.2, 0) is 11.3 Å². The Morgan fingerprint density at radius 3 is 2.55 bits per heavy atom. The summed E-state index contributed by atoms with van der Waals surface area (Å²) in [6.07, 6.45) is 2.15. The van der Waals surface area contributed by atoms with Gasteiger partial charge in [-0.05, 0) is 51.1 Å². The maximum Gasteiger partial charge on any atom is 0.251 e. The van der Waals surface area contributed by atoms with Crippen molar-refractivity contribution in [1.82, 2.24) is 15.3 Å². The summed E-state index contributed by atoms with van der Waals surface area (Å²) in [4.78, 5) is 25.2. The van der Waals surface area contributed by atoms with E-state index < -0.39 is 0 Å². The minimum atomic E-state index is -0.159. The minimum Gasteiger partial charge on any atom is -0.372 e. The van der Waals surface area contributed by atoms with Crippen LogP contribution in [0.5, 0.6) is 0 Å². The number of amides is 1. The monoisotopic (exact) mass is 456 g/mol. The van der Waals surface area contributed by atoms with E-state index in [9.17, 15) is 4.79 Å². The van der Waals surface area contributed by atoms with Crippen LogP contribution >= 0.6 is 22.9 Å². The van der Waals surface area contributed by atoms with Crippen LogP contribution in [0.3, 0.4) is 0 Å². The molecule has 1 fully saturated rings. The van der Waals surface area contributed by atoms with Crippen LogP contribution in [0.2, 0.25) is 5.02 Å². The van der Waals surface area contributed by atoms with E-state index in [0.29, 0.717) is 17.1 Å². The van der Waals surface area contributed by atoms with E-state index in [1.807, 2.05) is 19.2 Å². The third-order valence-corrected chi connectivity index (χ3v) is 6.53. The van der Waals surface area contributed by atoms with E-state index in [1.165, 1.54) is 0 Å². The molecule has 2 atom stereocenters. The standard InChI is InChI=1S/C23H25ClN4O2S/c1-14-4-5-18(10-25-14)21-20(11-26-22(29)17-6-8-19(24)9-7-17)27-23(31-21)28-12-15(2)30-16(3)13-28/h4-10,15-16H,11-13H2,1-3H3,(H,26,29)/t15-,16+. The van der Waals surface area contributed by atoms with E-state index >= 15 is 0 Å². The summed E-state index contributed by atoms with van der Waals surface area (Å²) in [6, 6.07) is 10.9. The molecule has 31 heavy (non-hydrogen) atoms. The van der Waals surface area contributed by atoms with Gasteiger partial charge in [-0.1, -0.05) is 29.0 Å². The Hall–Kier alpha value is -2.48. The van der Waals surface area contributed by atoms with Crippen molar-refractivity contribution in [2.75, 3.05) is 18.0 Å². The van der Waals surface area contributed by atoms with Crippen LogP contribution in [0.25, 0.3) is 10.4 Å². The van der Waals surface area contributed by atoms with Gasteiger partial charge in [0.2, 0.25) is 0 Å². The Bertz CT molecular complexity index is 1040. The molecule has 1 aliphatic heterocycles. The van der Waals surface area contributed by atoms with Crippen molar-refractivity contribution in [2.24, 2.45) is 0 Å². The van der Waals surface area contributed by atoms with Crippen molar-refractivity contribution in [3.8, 4) is 10.4 Å². The summed E-state index contributed by atoms with van der Waals surface area (Å²) >= 11 is 7.56. The first kappa shape index (κ1) is 21.7. The first-order valence-corrected chi connectivity index (χ1v) is 11.5. The topological polar surface area (TPSA) is 67.3 Å². The summed E-state index contributed by atoms with van der Waals surface area (Å²) in [5.41, 5.74) is 3.36. The number of aromatic nitrogens is 2. The molecule has 162 valence electrons. The number of hydrogen-bond acceptors (Lipinski definition) is 6. The number of aryl methyl sites for hydroxylation is 1. The molecular weight excluding hydrogens is 432 g/mol. The Morgan fingerprint density at radius 2 is 1.90 bits per heavy atom. The second-order valence-corrected chi connectivity index (χ2v) is 9.23. The molecule has 1 aliphatic rings. The molecule has 0 bridgehead atoms. The summed E-state index contributed by atoms with van der Waals surface area (Å²) in [5, 5.41) is 4.53. The molecule has 0 unspecified atom stereocenters. The first-order chi connectivity index (χ1) is 14.9. The van der Waals surface area contributed by atoms with Gasteiger partial charge in [-0.3, -0.25) is 9.78 Å². The first-order valence-electron chi connectivity index (χ1n) is 10.3. The fourth-order valence-corrected chi connectivity index (χ4v) is 4.84. The normalized spacial score (nSPS) is 18.8. The van der Waals surface area contributed by atoms with E-state index in [2.05, 4.69) is 35.1 Å². The zero-order chi connectivity index (χ0) is 22.0. The average Bonchev–Trinajstić information content (AvgIpc) is 3.17. The zero-order valence-corrected chi connectivity index (χ0v) is 19.3. The lowest BCUT2D eigenvalue weighted by Gasteiger charge is -2.35. The molecule has 0 saturated carbocycles. The lowest BCUT2D eigenvalue weighted by Crippen LogP contribution is -2.45. The lowest BCUT2D eigenvalue weighted by atomic mass is 10.2. The minimum absolute atomic E-state index is 0.144. The van der Waals surface area contributed by atoms with Crippen molar-refractivity contribution in [3.63, 3.8) is 0 Å². The lowest BCUT2D eigenvalue weighted by molar-refractivity contribution is -0.00523. The van der Waals surface area contributed by atoms with Crippen molar-refractivity contribution in [3.05, 3.63) is 64.6 Å². The van der Waals surface area contributed by atoms with Crippen LogP contribution < -0.4 is 10.2 Å². The highest BCUT2D eigenvalue weighted by atomic mass is 35.5. The second-order valence-electron chi connectivity index (χ2n) is 7.81. The molecule has 1 saturated heterocycles. The predicted octanol–water partition coefficient (Wildman–Crippen LogP) is 4.71. The maximum absolute atomic E-state index is 12.6. The van der Waals surface area contributed by atoms with Gasteiger partial charge in [0.25, 0.3) is 5.91 Å². The third-order valence-electron chi connectivity index (χ3n) is 5.07. The van der Waals surface area contributed by atoms with Gasteiger partial charge in [-0.25, -0.2) is 4.98 Å². The number of benzene rings is 1. The van der Waals surface area contributed by atoms with Crippen molar-refractivity contribution in [1.29, 1.82) is 0 Å². The number of nitrogens with one attached hydrogen (secondary N) is 1.